The molecule has 19 atom stereocenters. The van der Waals surface area contributed by atoms with Crippen LogP contribution in [0.25, 0.3) is 0 Å². The van der Waals surface area contributed by atoms with Gasteiger partial charge in [0.25, 0.3) is 0 Å². The van der Waals surface area contributed by atoms with Crippen LogP contribution in [0.5, 0.6) is 0 Å². The average molecular weight is 921 g/mol. The fourth-order valence-corrected chi connectivity index (χ4v) is 8.47. The summed E-state index contributed by atoms with van der Waals surface area (Å²) in [5, 5.41) is 116. The molecule has 22 heteroatoms. The lowest BCUT2D eigenvalue weighted by atomic mass is 9.75. The van der Waals surface area contributed by atoms with Gasteiger partial charge in [0.1, 0.15) is 48.8 Å². The minimum atomic E-state index is -1.45. The van der Waals surface area contributed by atoms with Gasteiger partial charge in [-0.15, -0.1) is 0 Å². The predicted octanol–water partition coefficient (Wildman–Crippen LogP) is -5.05. The summed E-state index contributed by atoms with van der Waals surface area (Å²) < 4.78 is 64.1. The van der Waals surface area contributed by atoms with Crippen LogP contribution in [0.2, 0.25) is 0 Å². The molecule has 4 aliphatic heterocycles. The van der Waals surface area contributed by atoms with Gasteiger partial charge in [0, 0.05) is 36.4 Å². The maximum absolute atomic E-state index is 11.3. The van der Waals surface area contributed by atoms with Gasteiger partial charge in [-0.05, 0) is 13.8 Å². The fraction of sp³-hybridized carbons (Fsp3) is 1.00. The summed E-state index contributed by atoms with van der Waals surface area (Å²) in [6.45, 7) is 5.80. The number of rotatable bonds is 27. The maximum atomic E-state index is 11.3. The van der Waals surface area contributed by atoms with Crippen molar-refractivity contribution in [2.75, 3.05) is 112 Å². The molecule has 63 heavy (non-hydrogen) atoms. The molecule has 0 saturated carbocycles. The van der Waals surface area contributed by atoms with Gasteiger partial charge in [-0.25, -0.2) is 0 Å². The fourth-order valence-electron chi connectivity index (χ4n) is 8.47. The minimum absolute atomic E-state index is 0.00534. The molecule has 0 spiro atoms. The van der Waals surface area contributed by atoms with E-state index in [1.165, 1.54) is 0 Å². The number of aliphatic hydroxyl groups is 11. The Kier molecular flexibility index (Phi) is 23.6. The Morgan fingerprint density at radius 1 is 0.381 bits per heavy atom. The molecule has 4 rings (SSSR count). The van der Waals surface area contributed by atoms with Crippen molar-refractivity contribution in [1.29, 1.82) is 0 Å². The highest BCUT2D eigenvalue weighted by atomic mass is 16.6. The van der Waals surface area contributed by atoms with Crippen LogP contribution in [0.3, 0.4) is 0 Å². The van der Waals surface area contributed by atoms with E-state index in [9.17, 15) is 46.0 Å². The molecule has 0 radical (unpaired) electrons. The monoisotopic (exact) mass is 920 g/mol. The zero-order valence-corrected chi connectivity index (χ0v) is 36.9. The van der Waals surface area contributed by atoms with Crippen molar-refractivity contribution in [3.05, 3.63) is 0 Å². The number of hydrogen-bond acceptors (Lipinski definition) is 22. The largest absolute Gasteiger partial charge is 0.394 e. The van der Waals surface area contributed by atoms with Crippen molar-refractivity contribution in [3.63, 3.8) is 0 Å². The lowest BCUT2D eigenvalue weighted by Crippen LogP contribution is -2.61. The Morgan fingerprint density at radius 2 is 0.730 bits per heavy atom. The summed E-state index contributed by atoms with van der Waals surface area (Å²) in [5.41, 5.74) is -0.869. The molecule has 11 N–H and O–H groups in total. The summed E-state index contributed by atoms with van der Waals surface area (Å²) in [4.78, 5) is 0. The Morgan fingerprint density at radius 3 is 1.13 bits per heavy atom. The van der Waals surface area contributed by atoms with Crippen LogP contribution in [-0.4, -0.2) is 266 Å². The Labute approximate surface area is 368 Å². The Balaban J connectivity index is 1.32. The highest BCUT2D eigenvalue weighted by molar-refractivity contribution is 4.99. The highest BCUT2D eigenvalue weighted by Gasteiger charge is 2.51. The van der Waals surface area contributed by atoms with E-state index >= 15 is 0 Å². The third-order valence-corrected chi connectivity index (χ3v) is 12.6. The van der Waals surface area contributed by atoms with E-state index in [1.54, 1.807) is 27.7 Å². The first kappa shape index (κ1) is 54.7. The second kappa shape index (κ2) is 27.2. The number of hydrogen-bond donors (Lipinski definition) is 11. The summed E-state index contributed by atoms with van der Waals surface area (Å²) in [6.07, 6.45) is -17.9. The lowest BCUT2D eigenvalue weighted by Gasteiger charge is -2.48. The van der Waals surface area contributed by atoms with Gasteiger partial charge in [0.2, 0.25) is 0 Å². The summed E-state index contributed by atoms with van der Waals surface area (Å²) >= 11 is 0. The topological polar surface area (TPSA) is 324 Å². The van der Waals surface area contributed by atoms with Crippen molar-refractivity contribution in [2.45, 2.75) is 125 Å². The van der Waals surface area contributed by atoms with Crippen LogP contribution < -0.4 is 0 Å². The number of ether oxygens (including phenoxy) is 11. The van der Waals surface area contributed by atoms with Crippen molar-refractivity contribution in [1.82, 2.24) is 0 Å². The molecule has 4 saturated heterocycles. The van der Waals surface area contributed by atoms with E-state index < -0.39 is 127 Å². The third-order valence-electron chi connectivity index (χ3n) is 12.6. The quantitative estimate of drug-likeness (QED) is 0.0344. The summed E-state index contributed by atoms with van der Waals surface area (Å²) in [6, 6.07) is 0. The van der Waals surface area contributed by atoms with Gasteiger partial charge in [0.05, 0.1) is 148 Å². The van der Waals surface area contributed by atoms with E-state index in [4.69, 9.17) is 62.3 Å². The van der Waals surface area contributed by atoms with Crippen LogP contribution in [0.15, 0.2) is 0 Å². The van der Waals surface area contributed by atoms with E-state index in [0.717, 1.165) is 0 Å². The van der Waals surface area contributed by atoms with E-state index in [2.05, 4.69) is 0 Å². The zero-order chi connectivity index (χ0) is 46.3. The SMILES string of the molecule is CCOCC1OC(COCC2C(COCCO)OC(CO)C(O)C2O)C(O)C(O)C1COCC1OC(COCC)C(COCC2OC(COCCO)C(C)(C)C(O)C2O)C(O)C1O. The molecule has 0 aromatic carbocycles. The third kappa shape index (κ3) is 14.6. The van der Waals surface area contributed by atoms with E-state index in [-0.39, 0.29) is 92.5 Å². The van der Waals surface area contributed by atoms with Crippen LogP contribution in [-0.2, 0) is 52.1 Å². The molecular formula is C41H76O22. The second-order valence-corrected chi connectivity index (χ2v) is 17.2. The van der Waals surface area contributed by atoms with Gasteiger partial charge in [0.15, 0.2) is 0 Å². The molecule has 4 fully saturated rings. The zero-order valence-electron chi connectivity index (χ0n) is 36.9. The first-order valence-corrected chi connectivity index (χ1v) is 22.1. The van der Waals surface area contributed by atoms with Crippen molar-refractivity contribution >= 4 is 0 Å². The Hall–Kier alpha value is -0.880. The maximum Gasteiger partial charge on any atom is 0.110 e. The molecule has 4 heterocycles. The molecule has 4 aliphatic rings. The number of aliphatic hydroxyl groups excluding tert-OH is 11. The highest BCUT2D eigenvalue weighted by Crippen LogP contribution is 2.38. The summed E-state index contributed by atoms with van der Waals surface area (Å²) in [7, 11) is 0. The van der Waals surface area contributed by atoms with Crippen LogP contribution in [0.1, 0.15) is 27.7 Å². The second-order valence-electron chi connectivity index (χ2n) is 17.2. The molecule has 0 amide bonds. The predicted molar refractivity (Wildman–Crippen MR) is 215 cm³/mol. The van der Waals surface area contributed by atoms with Gasteiger partial charge < -0.3 is 108 Å². The first-order valence-electron chi connectivity index (χ1n) is 22.1. The molecule has 0 aromatic heterocycles. The standard InChI is InChI=1S/C41H76O22/c1-5-53-15-26-22(34(46)37(49)30(61-26)19-58-14-24-28(17-55-9-7-42)60-25(11-44)36(48)33(24)45)12-57-18-29-38(50)35(47)23(27(62-29)16-54-6-2)13-59-20-31-39(51)40(52)41(3,4)32(63-31)21-56-10-8-43/h22-40,42-52H,5-21H2,1-4H3. The molecule has 22 nitrogen and oxygen atoms in total. The van der Waals surface area contributed by atoms with Crippen LogP contribution in [0.4, 0.5) is 0 Å². The smallest absolute Gasteiger partial charge is 0.110 e. The molecule has 19 unspecified atom stereocenters. The van der Waals surface area contributed by atoms with Gasteiger partial charge in [-0.2, -0.15) is 0 Å². The Bertz CT molecular complexity index is 1240. The summed E-state index contributed by atoms with van der Waals surface area (Å²) in [5.74, 6) is -2.41. The minimum Gasteiger partial charge on any atom is -0.394 e. The van der Waals surface area contributed by atoms with Gasteiger partial charge >= 0.3 is 0 Å². The average Bonchev–Trinajstić information content (AvgIpc) is 3.26. The lowest BCUT2D eigenvalue weighted by molar-refractivity contribution is -0.259. The van der Waals surface area contributed by atoms with Crippen LogP contribution in [0, 0.1) is 23.2 Å². The van der Waals surface area contributed by atoms with Gasteiger partial charge in [-0.3, -0.25) is 0 Å². The molecule has 0 aliphatic carbocycles. The normalized spacial score (nSPS) is 40.9. The van der Waals surface area contributed by atoms with E-state index in [1.807, 2.05) is 0 Å². The van der Waals surface area contributed by atoms with Crippen molar-refractivity contribution < 1.29 is 108 Å². The van der Waals surface area contributed by atoms with E-state index in [0.29, 0.717) is 13.2 Å². The van der Waals surface area contributed by atoms with Crippen molar-refractivity contribution in [3.8, 4) is 0 Å². The first-order chi connectivity index (χ1) is 30.2. The molecule has 0 aromatic rings. The van der Waals surface area contributed by atoms with Gasteiger partial charge in [-0.1, -0.05) is 13.8 Å². The molecule has 372 valence electrons. The van der Waals surface area contributed by atoms with Crippen LogP contribution >= 0.6 is 0 Å². The molecule has 0 bridgehead atoms. The molecular weight excluding hydrogens is 844 g/mol. The van der Waals surface area contributed by atoms with Crippen molar-refractivity contribution in [2.24, 2.45) is 23.2 Å².